The summed E-state index contributed by atoms with van der Waals surface area (Å²) in [6.45, 7) is 22.7. The number of halogens is 1. The molecule has 0 aliphatic carbocycles. The number of sulfonamides is 1. The zero-order chi connectivity index (χ0) is 25.1. The number of nitrogens with zero attached hydrogens (tertiary/aromatic N) is 2. The van der Waals surface area contributed by atoms with E-state index in [9.17, 15) is 12.8 Å². The van der Waals surface area contributed by atoms with Gasteiger partial charge in [-0.25, -0.2) is 12.8 Å². The number of benzene rings is 1. The van der Waals surface area contributed by atoms with Crippen LogP contribution in [-0.4, -0.2) is 47.5 Å². The van der Waals surface area contributed by atoms with Gasteiger partial charge in [-0.05, 0) is 77.0 Å². The summed E-state index contributed by atoms with van der Waals surface area (Å²) in [7, 11) is -3.37. The first-order valence-electron chi connectivity index (χ1n) is 11.8. The Morgan fingerprint density at radius 1 is 0.969 bits per heavy atom. The van der Waals surface area contributed by atoms with Crippen LogP contribution >= 0.6 is 0 Å². The molecule has 0 spiro atoms. The molecule has 0 saturated heterocycles. The average Bonchev–Trinajstić information content (AvgIpc) is 2.57. The van der Waals surface area contributed by atoms with Crippen LogP contribution in [0.1, 0.15) is 87.6 Å². The Bertz CT molecular complexity index is 821. The summed E-state index contributed by atoms with van der Waals surface area (Å²) in [5, 5.41) is 0. The summed E-state index contributed by atoms with van der Waals surface area (Å²) in [6.07, 6.45) is 3.04. The molecule has 2 atom stereocenters. The Morgan fingerprint density at radius 2 is 1.47 bits per heavy atom. The molecule has 0 aromatic heterocycles. The maximum atomic E-state index is 13.4. The standard InChI is InChI=1S/C26H47FN2O2S/c1-12-21(17-26(9,10)29(25(6,7)8)32(11,30)31)18-28(20(2)24(3,4)5)19-22-13-15-23(27)16-14-22/h13-16,20-21H,12,17-19H2,1-11H3. The molecule has 0 aliphatic heterocycles. The Kier molecular flexibility index (Phi) is 9.55. The predicted molar refractivity (Wildman–Crippen MR) is 135 cm³/mol. The maximum Gasteiger partial charge on any atom is 0.212 e. The van der Waals surface area contributed by atoms with Crippen LogP contribution in [-0.2, 0) is 16.6 Å². The fourth-order valence-corrected chi connectivity index (χ4v) is 7.01. The molecule has 0 amide bonds. The van der Waals surface area contributed by atoms with Gasteiger partial charge >= 0.3 is 0 Å². The minimum Gasteiger partial charge on any atom is -0.296 e. The Morgan fingerprint density at radius 3 is 1.84 bits per heavy atom. The van der Waals surface area contributed by atoms with Crippen LogP contribution in [0.5, 0.6) is 0 Å². The van der Waals surface area contributed by atoms with Crippen molar-refractivity contribution in [1.29, 1.82) is 0 Å². The van der Waals surface area contributed by atoms with E-state index in [2.05, 4.69) is 39.5 Å². The first kappa shape index (κ1) is 29.1. The van der Waals surface area contributed by atoms with Crippen molar-refractivity contribution in [3.05, 3.63) is 35.6 Å². The molecule has 0 N–H and O–H groups in total. The summed E-state index contributed by atoms with van der Waals surface area (Å²) >= 11 is 0. The van der Waals surface area contributed by atoms with Gasteiger partial charge in [-0.1, -0.05) is 46.2 Å². The van der Waals surface area contributed by atoms with Crippen molar-refractivity contribution in [1.82, 2.24) is 9.21 Å². The van der Waals surface area contributed by atoms with Crippen LogP contribution in [0.2, 0.25) is 0 Å². The smallest absolute Gasteiger partial charge is 0.212 e. The van der Waals surface area contributed by atoms with Gasteiger partial charge in [-0.3, -0.25) is 4.90 Å². The number of rotatable bonds is 10. The molecular weight excluding hydrogens is 423 g/mol. The summed E-state index contributed by atoms with van der Waals surface area (Å²) < 4.78 is 40.5. The van der Waals surface area contributed by atoms with E-state index in [1.165, 1.54) is 18.4 Å². The summed E-state index contributed by atoms with van der Waals surface area (Å²) in [5.74, 6) is 0.0993. The predicted octanol–water partition coefficient (Wildman–Crippen LogP) is 6.32. The van der Waals surface area contributed by atoms with Crippen molar-refractivity contribution in [2.75, 3.05) is 12.8 Å². The molecule has 4 nitrogen and oxygen atoms in total. The van der Waals surface area contributed by atoms with Gasteiger partial charge in [0.05, 0.1) is 6.26 Å². The van der Waals surface area contributed by atoms with Gasteiger partial charge in [0.25, 0.3) is 0 Å². The van der Waals surface area contributed by atoms with Gasteiger partial charge in [-0.2, -0.15) is 4.31 Å². The lowest BCUT2D eigenvalue weighted by Gasteiger charge is -2.47. The minimum absolute atomic E-state index is 0.0814. The molecule has 1 aromatic carbocycles. The quantitative estimate of drug-likeness (QED) is 0.402. The van der Waals surface area contributed by atoms with Crippen molar-refractivity contribution in [2.24, 2.45) is 11.3 Å². The van der Waals surface area contributed by atoms with Gasteiger partial charge in [0.2, 0.25) is 10.0 Å². The van der Waals surface area contributed by atoms with Crippen LogP contribution in [0.25, 0.3) is 0 Å². The van der Waals surface area contributed by atoms with E-state index in [0.29, 0.717) is 12.0 Å². The molecular formula is C26H47FN2O2S. The van der Waals surface area contributed by atoms with Gasteiger partial charge in [0.1, 0.15) is 5.82 Å². The Balaban J connectivity index is 3.21. The lowest BCUT2D eigenvalue weighted by atomic mass is 9.83. The largest absolute Gasteiger partial charge is 0.296 e. The zero-order valence-electron chi connectivity index (χ0n) is 22.3. The lowest BCUT2D eigenvalue weighted by molar-refractivity contribution is 0.0585. The van der Waals surface area contributed by atoms with Gasteiger partial charge in [0, 0.05) is 30.2 Å². The SMILES string of the molecule is CCC(CN(Cc1ccc(F)cc1)C(C)C(C)(C)C)CC(C)(C)N(C(C)(C)C)S(C)(=O)=O. The third-order valence-electron chi connectivity index (χ3n) is 6.45. The fraction of sp³-hybridized carbons (Fsp3) is 0.769. The van der Waals surface area contributed by atoms with Crippen molar-refractivity contribution < 1.29 is 12.8 Å². The molecule has 1 rings (SSSR count). The van der Waals surface area contributed by atoms with Crippen LogP contribution < -0.4 is 0 Å². The highest BCUT2D eigenvalue weighted by molar-refractivity contribution is 7.88. The third-order valence-corrected chi connectivity index (χ3v) is 8.15. The van der Waals surface area contributed by atoms with Crippen molar-refractivity contribution in [3.8, 4) is 0 Å². The average molecular weight is 471 g/mol. The van der Waals surface area contributed by atoms with E-state index in [1.807, 2.05) is 46.8 Å². The molecule has 2 unspecified atom stereocenters. The normalized spacial score (nSPS) is 15.9. The van der Waals surface area contributed by atoms with E-state index in [-0.39, 0.29) is 11.2 Å². The second-order valence-corrected chi connectivity index (χ2v) is 13.9. The topological polar surface area (TPSA) is 40.6 Å². The number of hydrogen-bond donors (Lipinski definition) is 0. The second-order valence-electron chi connectivity index (χ2n) is 12.1. The minimum atomic E-state index is -3.37. The molecule has 0 fully saturated rings. The van der Waals surface area contributed by atoms with E-state index < -0.39 is 21.1 Å². The molecule has 0 heterocycles. The third kappa shape index (κ3) is 8.42. The highest BCUT2D eigenvalue weighted by Gasteiger charge is 2.42. The van der Waals surface area contributed by atoms with E-state index >= 15 is 0 Å². The van der Waals surface area contributed by atoms with Gasteiger partial charge < -0.3 is 0 Å². The highest BCUT2D eigenvalue weighted by Crippen LogP contribution is 2.35. The van der Waals surface area contributed by atoms with E-state index in [4.69, 9.17) is 0 Å². The fourth-order valence-electron chi connectivity index (χ4n) is 5.04. The molecule has 0 bridgehead atoms. The summed E-state index contributed by atoms with van der Waals surface area (Å²) in [5.41, 5.74) is 0.155. The highest BCUT2D eigenvalue weighted by atomic mass is 32.2. The second kappa shape index (κ2) is 10.5. The molecule has 1 aromatic rings. The Hall–Kier alpha value is -0.980. The molecule has 0 aliphatic rings. The van der Waals surface area contributed by atoms with Crippen molar-refractivity contribution in [2.45, 2.75) is 106 Å². The Labute approximate surface area is 197 Å². The van der Waals surface area contributed by atoms with Gasteiger partial charge in [0.15, 0.2) is 0 Å². The van der Waals surface area contributed by atoms with Gasteiger partial charge in [-0.15, -0.1) is 0 Å². The van der Waals surface area contributed by atoms with Crippen LogP contribution in [0, 0.1) is 17.2 Å². The molecule has 6 heteroatoms. The maximum absolute atomic E-state index is 13.4. The van der Waals surface area contributed by atoms with E-state index in [0.717, 1.165) is 31.5 Å². The number of hydrogen-bond acceptors (Lipinski definition) is 3. The van der Waals surface area contributed by atoms with Crippen LogP contribution in [0.15, 0.2) is 24.3 Å². The van der Waals surface area contributed by atoms with Crippen molar-refractivity contribution >= 4 is 10.0 Å². The van der Waals surface area contributed by atoms with Crippen molar-refractivity contribution in [3.63, 3.8) is 0 Å². The first-order valence-corrected chi connectivity index (χ1v) is 13.6. The zero-order valence-corrected chi connectivity index (χ0v) is 23.1. The molecule has 32 heavy (non-hydrogen) atoms. The molecule has 186 valence electrons. The summed E-state index contributed by atoms with van der Waals surface area (Å²) in [4.78, 5) is 2.47. The monoisotopic (exact) mass is 470 g/mol. The van der Waals surface area contributed by atoms with Crippen LogP contribution in [0.4, 0.5) is 4.39 Å². The molecule has 0 saturated carbocycles. The molecule has 0 radical (unpaired) electrons. The summed E-state index contributed by atoms with van der Waals surface area (Å²) in [6, 6.07) is 7.05. The lowest BCUT2D eigenvalue weighted by Crippen LogP contribution is -2.57. The first-order chi connectivity index (χ1) is 14.3. The van der Waals surface area contributed by atoms with E-state index in [1.54, 1.807) is 4.31 Å². The van der Waals surface area contributed by atoms with Crippen LogP contribution in [0.3, 0.4) is 0 Å².